The van der Waals surface area contributed by atoms with E-state index in [9.17, 15) is 8.42 Å². The van der Waals surface area contributed by atoms with Gasteiger partial charge in [0.1, 0.15) is 4.90 Å². The molecule has 0 atom stereocenters. The third kappa shape index (κ3) is 1.47. The number of sulfonamides is 1. The van der Waals surface area contributed by atoms with E-state index >= 15 is 0 Å². The maximum atomic E-state index is 11.1. The number of aromatic nitrogens is 2. The minimum atomic E-state index is -3.58. The summed E-state index contributed by atoms with van der Waals surface area (Å²) in [6.07, 6.45) is 4.16. The zero-order chi connectivity index (χ0) is 9.47. The molecule has 1 aliphatic heterocycles. The normalized spacial score (nSPS) is 17.0. The fourth-order valence-electron chi connectivity index (χ4n) is 1.63. The van der Waals surface area contributed by atoms with Gasteiger partial charge in [-0.3, -0.25) is 4.68 Å². The predicted octanol–water partition coefficient (Wildman–Crippen LogP) is -0.133. The van der Waals surface area contributed by atoms with Crippen molar-refractivity contribution in [1.82, 2.24) is 9.78 Å². The molecule has 0 amide bonds. The van der Waals surface area contributed by atoms with Gasteiger partial charge in [0.05, 0.1) is 11.9 Å². The molecule has 1 aromatic heterocycles. The van der Waals surface area contributed by atoms with Gasteiger partial charge in [-0.25, -0.2) is 13.6 Å². The lowest BCUT2D eigenvalue weighted by Crippen LogP contribution is -2.17. The van der Waals surface area contributed by atoms with E-state index in [0.717, 1.165) is 31.5 Å². The molecule has 6 heteroatoms. The van der Waals surface area contributed by atoms with Crippen molar-refractivity contribution in [2.45, 2.75) is 30.7 Å². The minimum Gasteiger partial charge on any atom is -0.268 e. The topological polar surface area (TPSA) is 78.0 Å². The summed E-state index contributed by atoms with van der Waals surface area (Å²) >= 11 is 0. The molecule has 0 aromatic carbocycles. The predicted molar refractivity (Wildman–Crippen MR) is 46.5 cm³/mol. The highest BCUT2D eigenvalue weighted by atomic mass is 32.2. The largest absolute Gasteiger partial charge is 0.268 e. The smallest absolute Gasteiger partial charge is 0.241 e. The molecule has 13 heavy (non-hydrogen) atoms. The first-order chi connectivity index (χ1) is 6.09. The number of primary sulfonamides is 1. The Morgan fingerprint density at radius 1 is 1.46 bits per heavy atom. The Kier molecular flexibility index (Phi) is 1.88. The second kappa shape index (κ2) is 2.81. The maximum Gasteiger partial charge on any atom is 0.241 e. The van der Waals surface area contributed by atoms with Crippen LogP contribution < -0.4 is 5.14 Å². The van der Waals surface area contributed by atoms with Gasteiger partial charge in [0, 0.05) is 6.54 Å². The lowest BCUT2D eigenvalue weighted by atomic mass is 10.1. The first-order valence-electron chi connectivity index (χ1n) is 4.16. The average molecular weight is 201 g/mol. The van der Waals surface area contributed by atoms with E-state index in [2.05, 4.69) is 5.10 Å². The molecule has 0 spiro atoms. The SMILES string of the molecule is NS(=O)(=O)c1cnn2c1CCCC2. The molecule has 72 valence electrons. The van der Waals surface area contributed by atoms with Crippen molar-refractivity contribution >= 4 is 10.0 Å². The molecule has 0 saturated carbocycles. The van der Waals surface area contributed by atoms with E-state index in [1.807, 2.05) is 0 Å². The zero-order valence-corrected chi connectivity index (χ0v) is 7.92. The van der Waals surface area contributed by atoms with Crippen LogP contribution in [0.2, 0.25) is 0 Å². The first-order valence-corrected chi connectivity index (χ1v) is 5.71. The maximum absolute atomic E-state index is 11.1. The molecule has 2 heterocycles. The summed E-state index contributed by atoms with van der Waals surface area (Å²) in [6.45, 7) is 0.796. The first kappa shape index (κ1) is 8.71. The van der Waals surface area contributed by atoms with Crippen LogP contribution in [0.4, 0.5) is 0 Å². The van der Waals surface area contributed by atoms with Crippen LogP contribution in [-0.4, -0.2) is 18.2 Å². The van der Waals surface area contributed by atoms with Crippen molar-refractivity contribution in [3.8, 4) is 0 Å². The molecule has 0 aliphatic carbocycles. The van der Waals surface area contributed by atoms with Gasteiger partial charge in [0.25, 0.3) is 0 Å². The number of nitrogens with zero attached hydrogens (tertiary/aromatic N) is 2. The second-order valence-electron chi connectivity index (χ2n) is 3.18. The molecule has 2 rings (SSSR count). The van der Waals surface area contributed by atoms with Crippen molar-refractivity contribution in [2.24, 2.45) is 5.14 Å². The van der Waals surface area contributed by atoms with Gasteiger partial charge in [-0.15, -0.1) is 0 Å². The highest BCUT2D eigenvalue weighted by molar-refractivity contribution is 7.89. The molecule has 5 nitrogen and oxygen atoms in total. The fraction of sp³-hybridized carbons (Fsp3) is 0.571. The van der Waals surface area contributed by atoms with Crippen LogP contribution in [0, 0.1) is 0 Å². The van der Waals surface area contributed by atoms with Crippen molar-refractivity contribution in [3.63, 3.8) is 0 Å². The van der Waals surface area contributed by atoms with Crippen molar-refractivity contribution in [3.05, 3.63) is 11.9 Å². The summed E-state index contributed by atoms with van der Waals surface area (Å²) in [6, 6.07) is 0. The number of rotatable bonds is 1. The number of nitrogens with two attached hydrogens (primary N) is 1. The Bertz CT molecular complexity index is 421. The van der Waals surface area contributed by atoms with E-state index in [-0.39, 0.29) is 4.90 Å². The molecule has 1 aliphatic rings. The number of hydrogen-bond acceptors (Lipinski definition) is 3. The minimum absolute atomic E-state index is 0.187. The lowest BCUT2D eigenvalue weighted by Gasteiger charge is -2.13. The fourth-order valence-corrected chi connectivity index (χ4v) is 2.36. The standard InChI is InChI=1S/C7H11N3O2S/c8-13(11,12)7-5-9-10-4-2-1-3-6(7)10/h5H,1-4H2,(H2,8,11,12). The van der Waals surface area contributed by atoms with Gasteiger partial charge in [-0.2, -0.15) is 5.10 Å². The molecule has 0 bridgehead atoms. The number of hydrogen-bond donors (Lipinski definition) is 1. The summed E-state index contributed by atoms with van der Waals surface area (Å²) in [5.41, 5.74) is 0.758. The third-order valence-corrected chi connectivity index (χ3v) is 3.20. The molecular formula is C7H11N3O2S. The zero-order valence-electron chi connectivity index (χ0n) is 7.10. The van der Waals surface area contributed by atoms with E-state index in [1.165, 1.54) is 6.20 Å². The monoisotopic (exact) mass is 201 g/mol. The van der Waals surface area contributed by atoms with E-state index in [1.54, 1.807) is 4.68 Å². The van der Waals surface area contributed by atoms with Crippen molar-refractivity contribution in [1.29, 1.82) is 0 Å². The number of aryl methyl sites for hydroxylation is 1. The molecule has 2 N–H and O–H groups in total. The Morgan fingerprint density at radius 2 is 2.23 bits per heavy atom. The Balaban J connectivity index is 2.55. The van der Waals surface area contributed by atoms with Crippen LogP contribution in [0.5, 0.6) is 0 Å². The summed E-state index contributed by atoms with van der Waals surface area (Å²) < 4.78 is 23.9. The molecule has 0 fully saturated rings. The Hall–Kier alpha value is -0.880. The van der Waals surface area contributed by atoms with Gasteiger partial charge in [0.15, 0.2) is 0 Å². The highest BCUT2D eigenvalue weighted by Gasteiger charge is 2.21. The van der Waals surface area contributed by atoms with E-state index < -0.39 is 10.0 Å². The lowest BCUT2D eigenvalue weighted by molar-refractivity contribution is 0.481. The van der Waals surface area contributed by atoms with Gasteiger partial charge in [-0.05, 0) is 19.3 Å². The van der Waals surface area contributed by atoms with Crippen LogP contribution in [0.15, 0.2) is 11.1 Å². The van der Waals surface area contributed by atoms with Crippen LogP contribution in [0.1, 0.15) is 18.5 Å². The highest BCUT2D eigenvalue weighted by Crippen LogP contribution is 2.20. The van der Waals surface area contributed by atoms with Gasteiger partial charge in [0.2, 0.25) is 10.0 Å². The summed E-state index contributed by atoms with van der Waals surface area (Å²) in [4.78, 5) is 0.187. The Morgan fingerprint density at radius 3 is 2.92 bits per heavy atom. The molecule has 0 unspecified atom stereocenters. The summed E-state index contributed by atoms with van der Waals surface area (Å²) in [7, 11) is -3.58. The van der Waals surface area contributed by atoms with Gasteiger partial charge < -0.3 is 0 Å². The molecule has 0 radical (unpaired) electrons. The summed E-state index contributed by atoms with van der Waals surface area (Å²) in [5, 5.41) is 9.02. The van der Waals surface area contributed by atoms with Crippen LogP contribution in [0.25, 0.3) is 0 Å². The average Bonchev–Trinajstić information content (AvgIpc) is 2.45. The molecular weight excluding hydrogens is 190 g/mol. The number of fused-ring (bicyclic) bond motifs is 1. The van der Waals surface area contributed by atoms with Crippen molar-refractivity contribution < 1.29 is 8.42 Å². The molecule has 0 saturated heterocycles. The van der Waals surface area contributed by atoms with Crippen LogP contribution >= 0.6 is 0 Å². The van der Waals surface area contributed by atoms with E-state index in [0.29, 0.717) is 0 Å². The third-order valence-electron chi connectivity index (χ3n) is 2.25. The summed E-state index contributed by atoms with van der Waals surface area (Å²) in [5.74, 6) is 0. The van der Waals surface area contributed by atoms with Crippen LogP contribution in [0.3, 0.4) is 0 Å². The van der Waals surface area contributed by atoms with Gasteiger partial charge in [-0.1, -0.05) is 0 Å². The quantitative estimate of drug-likeness (QED) is 0.687. The Labute approximate surface area is 76.6 Å². The van der Waals surface area contributed by atoms with Crippen LogP contribution in [-0.2, 0) is 23.0 Å². The van der Waals surface area contributed by atoms with Crippen molar-refractivity contribution in [2.75, 3.05) is 0 Å². The van der Waals surface area contributed by atoms with E-state index in [4.69, 9.17) is 5.14 Å². The second-order valence-corrected chi connectivity index (χ2v) is 4.71. The molecule has 1 aromatic rings. The van der Waals surface area contributed by atoms with Gasteiger partial charge >= 0.3 is 0 Å².